The van der Waals surface area contributed by atoms with Crippen molar-refractivity contribution in [1.82, 2.24) is 4.98 Å². The fourth-order valence-electron chi connectivity index (χ4n) is 3.05. The van der Waals surface area contributed by atoms with Crippen molar-refractivity contribution in [3.8, 4) is 28.8 Å². The van der Waals surface area contributed by atoms with Crippen LogP contribution in [-0.2, 0) is 0 Å². The van der Waals surface area contributed by atoms with Crippen molar-refractivity contribution in [2.45, 2.75) is 25.7 Å². The van der Waals surface area contributed by atoms with E-state index in [1.807, 2.05) is 23.6 Å². The van der Waals surface area contributed by atoms with Crippen LogP contribution in [0.3, 0.4) is 0 Å². The molecule has 2 aliphatic rings. The summed E-state index contributed by atoms with van der Waals surface area (Å²) in [4.78, 5) is 4.69. The molecule has 5 heteroatoms. The van der Waals surface area contributed by atoms with E-state index in [-0.39, 0.29) is 0 Å². The highest BCUT2D eigenvalue weighted by atomic mass is 32.1. The Bertz CT molecular complexity index is 809. The summed E-state index contributed by atoms with van der Waals surface area (Å²) in [6.45, 7) is 1.16. The molecule has 0 amide bonds. The van der Waals surface area contributed by atoms with Gasteiger partial charge in [0.25, 0.3) is 0 Å². The molecule has 1 aromatic carbocycles. The van der Waals surface area contributed by atoms with Gasteiger partial charge < -0.3 is 9.47 Å². The van der Waals surface area contributed by atoms with Crippen LogP contribution in [0, 0.1) is 11.3 Å². The van der Waals surface area contributed by atoms with Crippen molar-refractivity contribution in [2.24, 2.45) is 0 Å². The Balaban J connectivity index is 1.68. The van der Waals surface area contributed by atoms with Gasteiger partial charge in [-0.15, -0.1) is 11.3 Å². The first kappa shape index (κ1) is 14.3. The minimum Gasteiger partial charge on any atom is -0.486 e. The van der Waals surface area contributed by atoms with Crippen molar-refractivity contribution in [3.63, 3.8) is 0 Å². The van der Waals surface area contributed by atoms with Crippen LogP contribution >= 0.6 is 11.3 Å². The molecular weight excluding hydrogens is 308 g/mol. The van der Waals surface area contributed by atoms with Crippen LogP contribution in [0.1, 0.15) is 30.7 Å². The van der Waals surface area contributed by atoms with Crippen LogP contribution in [0.4, 0.5) is 0 Å². The van der Waals surface area contributed by atoms with Gasteiger partial charge in [-0.2, -0.15) is 5.26 Å². The predicted octanol–water partition coefficient (Wildman–Crippen LogP) is 4.43. The molecule has 1 aromatic heterocycles. The Morgan fingerprint density at radius 3 is 2.70 bits per heavy atom. The molecule has 116 valence electrons. The molecule has 23 heavy (non-hydrogen) atoms. The first-order valence-corrected chi connectivity index (χ1v) is 8.71. The zero-order chi connectivity index (χ0) is 15.6. The maximum absolute atomic E-state index is 9.50. The summed E-state index contributed by atoms with van der Waals surface area (Å²) in [6.07, 6.45) is 4.42. The fraction of sp³-hybridized carbons (Fsp3) is 0.333. The second-order valence-electron chi connectivity index (χ2n) is 5.69. The molecule has 4 nitrogen and oxygen atoms in total. The van der Waals surface area contributed by atoms with Gasteiger partial charge in [-0.25, -0.2) is 4.98 Å². The third-order valence-electron chi connectivity index (χ3n) is 4.23. The Morgan fingerprint density at radius 2 is 1.91 bits per heavy atom. The summed E-state index contributed by atoms with van der Waals surface area (Å²) in [7, 11) is 0. The molecule has 0 radical (unpaired) electrons. The van der Waals surface area contributed by atoms with Crippen LogP contribution in [0.5, 0.6) is 11.5 Å². The first-order chi connectivity index (χ1) is 11.3. The van der Waals surface area contributed by atoms with E-state index in [2.05, 4.69) is 11.1 Å². The molecule has 1 aliphatic heterocycles. The highest BCUT2D eigenvalue weighted by molar-refractivity contribution is 7.11. The molecular formula is C18H16N2O2S. The first-order valence-electron chi connectivity index (χ1n) is 7.83. The fourth-order valence-corrected chi connectivity index (χ4v) is 3.92. The van der Waals surface area contributed by atoms with Gasteiger partial charge in [-0.1, -0.05) is 0 Å². The average molecular weight is 324 g/mol. The van der Waals surface area contributed by atoms with E-state index < -0.39 is 0 Å². The van der Waals surface area contributed by atoms with Crippen molar-refractivity contribution in [2.75, 3.05) is 13.2 Å². The monoisotopic (exact) mass is 324 g/mol. The topological polar surface area (TPSA) is 55.1 Å². The number of rotatable bonds is 2. The molecule has 1 fully saturated rings. The number of ether oxygens (including phenoxy) is 2. The minimum atomic E-state index is 0.573. The smallest absolute Gasteiger partial charge is 0.162 e. The van der Waals surface area contributed by atoms with Gasteiger partial charge in [0, 0.05) is 10.9 Å². The molecule has 0 saturated heterocycles. The number of allylic oxidation sites excluding steroid dienone is 2. The molecule has 0 bridgehead atoms. The summed E-state index contributed by atoms with van der Waals surface area (Å²) in [6, 6.07) is 8.23. The van der Waals surface area contributed by atoms with Crippen LogP contribution in [0.25, 0.3) is 16.8 Å². The lowest BCUT2D eigenvalue weighted by atomic mass is 10.1. The van der Waals surface area contributed by atoms with E-state index in [0.717, 1.165) is 46.2 Å². The van der Waals surface area contributed by atoms with Gasteiger partial charge in [0.2, 0.25) is 0 Å². The van der Waals surface area contributed by atoms with Crippen LogP contribution in [0.2, 0.25) is 0 Å². The molecule has 1 saturated carbocycles. The standard InChI is InChI=1S/C18H16N2O2S/c19-10-14(12-3-1-2-4-12)18-20-15(11-23-18)13-5-6-16-17(9-13)22-8-7-21-16/h5-6,9,11H,1-4,7-8H2. The van der Waals surface area contributed by atoms with Crippen LogP contribution < -0.4 is 9.47 Å². The lowest BCUT2D eigenvalue weighted by molar-refractivity contribution is 0.171. The number of thiazole rings is 1. The van der Waals surface area contributed by atoms with E-state index in [4.69, 9.17) is 9.47 Å². The molecule has 0 N–H and O–H groups in total. The highest BCUT2D eigenvalue weighted by Crippen LogP contribution is 2.37. The van der Waals surface area contributed by atoms with Crippen LogP contribution in [-0.4, -0.2) is 18.2 Å². The molecule has 0 atom stereocenters. The second-order valence-corrected chi connectivity index (χ2v) is 6.55. The van der Waals surface area contributed by atoms with Crippen molar-refractivity contribution in [3.05, 3.63) is 34.2 Å². The zero-order valence-corrected chi connectivity index (χ0v) is 13.5. The Morgan fingerprint density at radius 1 is 1.13 bits per heavy atom. The van der Waals surface area contributed by atoms with Crippen LogP contribution in [0.15, 0.2) is 29.2 Å². The van der Waals surface area contributed by atoms with Gasteiger partial charge in [-0.05, 0) is 49.5 Å². The summed E-state index contributed by atoms with van der Waals surface area (Å²) in [5.74, 6) is 1.54. The summed E-state index contributed by atoms with van der Waals surface area (Å²) < 4.78 is 11.2. The largest absolute Gasteiger partial charge is 0.486 e. The number of nitriles is 1. The van der Waals surface area contributed by atoms with Crippen molar-refractivity contribution < 1.29 is 9.47 Å². The third kappa shape index (κ3) is 2.71. The molecule has 1 aliphatic carbocycles. The number of nitrogens with zero attached hydrogens (tertiary/aromatic N) is 2. The van der Waals surface area contributed by atoms with Gasteiger partial charge >= 0.3 is 0 Å². The molecule has 4 rings (SSSR count). The van der Waals surface area contributed by atoms with E-state index in [1.54, 1.807) is 0 Å². The minimum absolute atomic E-state index is 0.573. The Hall–Kier alpha value is -2.32. The highest BCUT2D eigenvalue weighted by Gasteiger charge is 2.18. The maximum atomic E-state index is 9.50. The summed E-state index contributed by atoms with van der Waals surface area (Å²) >= 11 is 1.54. The SMILES string of the molecule is N#CC(=C1CCCC1)c1nc(-c2ccc3c(c2)OCCO3)cs1. The second kappa shape index (κ2) is 6.05. The molecule has 0 unspecified atom stereocenters. The van der Waals surface area contributed by atoms with Crippen molar-refractivity contribution >= 4 is 16.9 Å². The van der Waals surface area contributed by atoms with Gasteiger partial charge in [0.05, 0.1) is 11.3 Å². The number of benzene rings is 1. The van der Waals surface area contributed by atoms with Crippen molar-refractivity contribution in [1.29, 1.82) is 5.26 Å². The lowest BCUT2D eigenvalue weighted by Gasteiger charge is -2.18. The predicted molar refractivity (Wildman–Crippen MR) is 89.5 cm³/mol. The van der Waals surface area contributed by atoms with E-state index in [9.17, 15) is 5.26 Å². The average Bonchev–Trinajstić information content (AvgIpc) is 3.28. The number of hydrogen-bond acceptors (Lipinski definition) is 5. The normalized spacial score (nSPS) is 16.2. The molecule has 2 aromatic rings. The number of aromatic nitrogens is 1. The third-order valence-corrected chi connectivity index (χ3v) is 5.09. The summed E-state index contributed by atoms with van der Waals surface area (Å²) in [5, 5.41) is 12.3. The van der Waals surface area contributed by atoms with E-state index in [0.29, 0.717) is 13.2 Å². The quantitative estimate of drug-likeness (QED) is 0.767. The Kier molecular flexibility index (Phi) is 3.76. The number of hydrogen-bond donors (Lipinski definition) is 0. The molecule has 0 spiro atoms. The molecule has 2 heterocycles. The Labute approximate surface area is 139 Å². The zero-order valence-electron chi connectivity index (χ0n) is 12.7. The van der Waals surface area contributed by atoms with Gasteiger partial charge in [0.1, 0.15) is 24.3 Å². The summed E-state index contributed by atoms with van der Waals surface area (Å²) in [5.41, 5.74) is 3.91. The number of fused-ring (bicyclic) bond motifs is 1. The van der Waals surface area contributed by atoms with Gasteiger partial charge in [0.15, 0.2) is 11.5 Å². The maximum Gasteiger partial charge on any atom is 0.162 e. The lowest BCUT2D eigenvalue weighted by Crippen LogP contribution is -2.15. The van der Waals surface area contributed by atoms with Gasteiger partial charge in [-0.3, -0.25) is 0 Å². The van der Waals surface area contributed by atoms with E-state index in [1.165, 1.54) is 29.8 Å². The van der Waals surface area contributed by atoms with E-state index >= 15 is 0 Å².